The summed E-state index contributed by atoms with van der Waals surface area (Å²) in [5, 5.41) is 0. The van der Waals surface area contributed by atoms with E-state index in [4.69, 9.17) is 4.74 Å². The van der Waals surface area contributed by atoms with Crippen molar-refractivity contribution in [2.24, 2.45) is 0 Å². The predicted octanol–water partition coefficient (Wildman–Crippen LogP) is 3.58. The summed E-state index contributed by atoms with van der Waals surface area (Å²) in [5.41, 5.74) is -0.431. The zero-order valence-corrected chi connectivity index (χ0v) is 12.1. The van der Waals surface area contributed by atoms with E-state index in [9.17, 15) is 4.79 Å². The Labute approximate surface area is 111 Å². The van der Waals surface area contributed by atoms with Crippen molar-refractivity contribution in [3.63, 3.8) is 0 Å². The van der Waals surface area contributed by atoms with Crippen molar-refractivity contribution < 1.29 is 9.53 Å². The molecular formula is C15H25NO2. The highest BCUT2D eigenvalue weighted by atomic mass is 16.6. The molecule has 1 saturated heterocycles. The van der Waals surface area contributed by atoms with Crippen molar-refractivity contribution in [2.45, 2.75) is 71.4 Å². The lowest BCUT2D eigenvalue weighted by atomic mass is 10.2. The van der Waals surface area contributed by atoms with E-state index in [1.54, 1.807) is 4.90 Å². The van der Waals surface area contributed by atoms with Crippen LogP contribution >= 0.6 is 0 Å². The summed E-state index contributed by atoms with van der Waals surface area (Å²) in [4.78, 5) is 13.8. The molecule has 1 aliphatic rings. The molecule has 0 aromatic carbocycles. The van der Waals surface area contributed by atoms with Gasteiger partial charge in [-0.3, -0.25) is 4.90 Å². The fourth-order valence-electron chi connectivity index (χ4n) is 1.91. The highest BCUT2D eigenvalue weighted by Crippen LogP contribution is 2.20. The van der Waals surface area contributed by atoms with Gasteiger partial charge in [-0.2, -0.15) is 0 Å². The molecule has 1 aliphatic heterocycles. The lowest BCUT2D eigenvalue weighted by molar-refractivity contribution is 0.0261. The third-order valence-corrected chi connectivity index (χ3v) is 2.80. The minimum Gasteiger partial charge on any atom is -0.444 e. The summed E-state index contributed by atoms with van der Waals surface area (Å²) in [6, 6.07) is 0.0525. The summed E-state index contributed by atoms with van der Waals surface area (Å²) in [5.74, 6) is 6.38. The van der Waals surface area contributed by atoms with Crippen LogP contribution in [0.5, 0.6) is 0 Å². The van der Waals surface area contributed by atoms with Crippen LogP contribution in [0.4, 0.5) is 4.79 Å². The van der Waals surface area contributed by atoms with Gasteiger partial charge in [-0.1, -0.05) is 19.3 Å². The maximum atomic E-state index is 12.0. The van der Waals surface area contributed by atoms with E-state index < -0.39 is 5.60 Å². The average molecular weight is 251 g/mol. The van der Waals surface area contributed by atoms with Gasteiger partial charge in [0.2, 0.25) is 0 Å². The molecule has 18 heavy (non-hydrogen) atoms. The van der Waals surface area contributed by atoms with Gasteiger partial charge in [0, 0.05) is 13.0 Å². The molecule has 1 heterocycles. The molecule has 0 aromatic heterocycles. The van der Waals surface area contributed by atoms with Gasteiger partial charge in [0.05, 0.1) is 6.04 Å². The molecule has 1 fully saturated rings. The Morgan fingerprint density at radius 2 is 2.17 bits per heavy atom. The van der Waals surface area contributed by atoms with E-state index in [1.165, 1.54) is 0 Å². The van der Waals surface area contributed by atoms with Crippen molar-refractivity contribution >= 4 is 6.09 Å². The third-order valence-electron chi connectivity index (χ3n) is 2.80. The van der Waals surface area contributed by atoms with Crippen LogP contribution in [-0.4, -0.2) is 29.2 Å². The van der Waals surface area contributed by atoms with E-state index in [2.05, 4.69) is 18.8 Å². The molecule has 1 unspecified atom stereocenters. The summed E-state index contributed by atoms with van der Waals surface area (Å²) in [6.07, 6.45) is 4.98. The minimum atomic E-state index is -0.431. The zero-order valence-electron chi connectivity index (χ0n) is 12.1. The molecule has 0 bridgehead atoms. The minimum absolute atomic E-state index is 0.0525. The first-order valence-corrected chi connectivity index (χ1v) is 6.92. The highest BCUT2D eigenvalue weighted by molar-refractivity contribution is 5.69. The SMILES string of the molecule is CCCCC#CC1CCCN1C(=O)OC(C)(C)C. The molecule has 3 nitrogen and oxygen atoms in total. The number of hydrogen-bond acceptors (Lipinski definition) is 2. The van der Waals surface area contributed by atoms with Crippen LogP contribution < -0.4 is 0 Å². The molecule has 0 spiro atoms. The van der Waals surface area contributed by atoms with Crippen LogP contribution in [0.25, 0.3) is 0 Å². The van der Waals surface area contributed by atoms with Crippen LogP contribution in [-0.2, 0) is 4.74 Å². The van der Waals surface area contributed by atoms with Gasteiger partial charge in [0.1, 0.15) is 5.60 Å². The molecular weight excluding hydrogens is 226 g/mol. The van der Waals surface area contributed by atoms with Gasteiger partial charge in [0.25, 0.3) is 0 Å². The molecule has 1 amide bonds. The first-order chi connectivity index (χ1) is 8.44. The predicted molar refractivity (Wildman–Crippen MR) is 73.3 cm³/mol. The molecule has 0 radical (unpaired) electrons. The fraction of sp³-hybridized carbons (Fsp3) is 0.800. The van der Waals surface area contributed by atoms with Crippen molar-refractivity contribution in [1.29, 1.82) is 0 Å². The van der Waals surface area contributed by atoms with Gasteiger partial charge in [-0.05, 0) is 40.0 Å². The van der Waals surface area contributed by atoms with Crippen molar-refractivity contribution in [2.75, 3.05) is 6.54 Å². The van der Waals surface area contributed by atoms with Gasteiger partial charge < -0.3 is 4.74 Å². The number of ether oxygens (including phenoxy) is 1. The van der Waals surface area contributed by atoms with Crippen LogP contribution in [0.1, 0.15) is 59.8 Å². The summed E-state index contributed by atoms with van der Waals surface area (Å²) in [6.45, 7) is 8.60. The number of nitrogens with zero attached hydrogens (tertiary/aromatic N) is 1. The Morgan fingerprint density at radius 1 is 1.44 bits per heavy atom. The smallest absolute Gasteiger partial charge is 0.411 e. The topological polar surface area (TPSA) is 29.5 Å². The molecule has 0 aromatic rings. The summed E-state index contributed by atoms with van der Waals surface area (Å²) < 4.78 is 5.40. The lowest BCUT2D eigenvalue weighted by Gasteiger charge is -2.26. The molecule has 0 aliphatic carbocycles. The largest absolute Gasteiger partial charge is 0.444 e. The number of carbonyl (C=O) groups excluding carboxylic acids is 1. The van der Waals surface area contributed by atoms with E-state index in [-0.39, 0.29) is 12.1 Å². The monoisotopic (exact) mass is 251 g/mol. The van der Waals surface area contributed by atoms with E-state index in [0.717, 1.165) is 38.6 Å². The number of unbranched alkanes of at least 4 members (excludes halogenated alkanes) is 2. The first kappa shape index (κ1) is 14.9. The van der Waals surface area contributed by atoms with E-state index >= 15 is 0 Å². The maximum absolute atomic E-state index is 12.0. The molecule has 3 heteroatoms. The fourth-order valence-corrected chi connectivity index (χ4v) is 1.91. The highest BCUT2D eigenvalue weighted by Gasteiger charge is 2.30. The van der Waals surface area contributed by atoms with E-state index in [0.29, 0.717) is 0 Å². The Balaban J connectivity index is 2.53. The maximum Gasteiger partial charge on any atom is 0.411 e. The average Bonchev–Trinajstić information content (AvgIpc) is 2.70. The number of amides is 1. The lowest BCUT2D eigenvalue weighted by Crippen LogP contribution is -2.39. The third kappa shape index (κ3) is 5.00. The molecule has 102 valence electrons. The van der Waals surface area contributed by atoms with E-state index in [1.807, 2.05) is 20.8 Å². The van der Waals surface area contributed by atoms with Gasteiger partial charge in [-0.25, -0.2) is 4.79 Å². The molecule has 0 N–H and O–H groups in total. The van der Waals surface area contributed by atoms with Crippen molar-refractivity contribution in [3.8, 4) is 11.8 Å². The number of likely N-dealkylation sites (tertiary alicyclic amines) is 1. The zero-order chi connectivity index (χ0) is 13.6. The molecule has 0 saturated carbocycles. The number of carbonyl (C=O) groups is 1. The standard InChI is InChI=1S/C15H25NO2/c1-5-6-7-8-10-13-11-9-12-16(13)14(17)18-15(2,3)4/h13H,5-7,9,11-12H2,1-4H3. The quantitative estimate of drug-likeness (QED) is 0.554. The number of hydrogen-bond donors (Lipinski definition) is 0. The molecule has 1 rings (SSSR count). The van der Waals surface area contributed by atoms with Gasteiger partial charge in [0.15, 0.2) is 0 Å². The normalized spacial score (nSPS) is 19.3. The van der Waals surface area contributed by atoms with Crippen LogP contribution in [0.15, 0.2) is 0 Å². The van der Waals surface area contributed by atoms with Crippen molar-refractivity contribution in [1.82, 2.24) is 4.90 Å². The van der Waals surface area contributed by atoms with Crippen LogP contribution in [0.2, 0.25) is 0 Å². The second kappa shape index (κ2) is 6.68. The Hall–Kier alpha value is -1.17. The summed E-state index contributed by atoms with van der Waals surface area (Å²) >= 11 is 0. The van der Waals surface area contributed by atoms with Crippen LogP contribution in [0.3, 0.4) is 0 Å². The summed E-state index contributed by atoms with van der Waals surface area (Å²) in [7, 11) is 0. The Morgan fingerprint density at radius 3 is 2.78 bits per heavy atom. The van der Waals surface area contributed by atoms with Crippen molar-refractivity contribution in [3.05, 3.63) is 0 Å². The van der Waals surface area contributed by atoms with Gasteiger partial charge >= 0.3 is 6.09 Å². The second-order valence-electron chi connectivity index (χ2n) is 5.76. The Kier molecular flexibility index (Phi) is 5.53. The van der Waals surface area contributed by atoms with Crippen LogP contribution in [0, 0.1) is 11.8 Å². The molecule has 1 atom stereocenters. The first-order valence-electron chi connectivity index (χ1n) is 6.92. The van der Waals surface area contributed by atoms with Gasteiger partial charge in [-0.15, -0.1) is 5.92 Å². The number of rotatable bonds is 2. The Bertz CT molecular complexity index is 333. The second-order valence-corrected chi connectivity index (χ2v) is 5.76.